The number of benzene rings is 1. The summed E-state index contributed by atoms with van der Waals surface area (Å²) in [6.45, 7) is 4.02. The number of ether oxygens (including phenoxy) is 1. The van der Waals surface area contributed by atoms with Gasteiger partial charge >= 0.3 is 0 Å². The predicted octanol–water partition coefficient (Wildman–Crippen LogP) is 2.13. The molecule has 96 valence electrons. The van der Waals surface area contributed by atoms with Crippen molar-refractivity contribution >= 4 is 0 Å². The molecular formula is C14H18N2O2. The Kier molecular flexibility index (Phi) is 3.39. The second-order valence-corrected chi connectivity index (χ2v) is 4.41. The molecule has 0 aliphatic rings. The van der Waals surface area contributed by atoms with Crippen molar-refractivity contribution < 1.29 is 9.84 Å². The highest BCUT2D eigenvalue weighted by Crippen LogP contribution is 2.33. The van der Waals surface area contributed by atoms with Gasteiger partial charge in [-0.2, -0.15) is 5.10 Å². The van der Waals surface area contributed by atoms with Crippen LogP contribution >= 0.6 is 0 Å². The summed E-state index contributed by atoms with van der Waals surface area (Å²) in [7, 11) is 3.44. The topological polar surface area (TPSA) is 47.3 Å². The first kappa shape index (κ1) is 12.6. The molecule has 0 amide bonds. The van der Waals surface area contributed by atoms with Crippen molar-refractivity contribution in [3.63, 3.8) is 0 Å². The molecule has 1 heterocycles. The average Bonchev–Trinajstić information content (AvgIpc) is 2.78. The highest BCUT2D eigenvalue weighted by molar-refractivity contribution is 5.48. The Morgan fingerprint density at radius 2 is 2.00 bits per heavy atom. The minimum absolute atomic E-state index is 0.730. The van der Waals surface area contributed by atoms with Crippen LogP contribution in [0.15, 0.2) is 24.4 Å². The summed E-state index contributed by atoms with van der Waals surface area (Å²) in [5.41, 5.74) is 3.71. The van der Waals surface area contributed by atoms with Crippen LogP contribution in [0.5, 0.6) is 5.75 Å². The lowest BCUT2D eigenvalue weighted by Crippen LogP contribution is -2.09. The van der Waals surface area contributed by atoms with E-state index in [0.29, 0.717) is 0 Å². The number of hydrogen-bond acceptors (Lipinski definition) is 3. The minimum Gasteiger partial charge on any atom is -0.496 e. The molecule has 0 bridgehead atoms. The number of aryl methyl sites for hydroxylation is 2. The number of aromatic nitrogens is 2. The summed E-state index contributed by atoms with van der Waals surface area (Å²) in [4.78, 5) is 0. The summed E-state index contributed by atoms with van der Waals surface area (Å²) in [5.74, 6) is 0.740. The van der Waals surface area contributed by atoms with E-state index >= 15 is 0 Å². The lowest BCUT2D eigenvalue weighted by Gasteiger charge is -2.18. The van der Waals surface area contributed by atoms with E-state index in [1.165, 1.54) is 0 Å². The third-order valence-electron chi connectivity index (χ3n) is 3.34. The molecule has 1 aromatic heterocycles. The number of methoxy groups -OCH3 is 1. The van der Waals surface area contributed by atoms with E-state index in [1.807, 2.05) is 33.0 Å². The first-order valence-electron chi connectivity index (χ1n) is 5.86. The van der Waals surface area contributed by atoms with Gasteiger partial charge in [-0.05, 0) is 31.0 Å². The smallest absolute Gasteiger partial charge is 0.128 e. The van der Waals surface area contributed by atoms with Gasteiger partial charge in [0.15, 0.2) is 0 Å². The molecule has 4 heteroatoms. The molecule has 0 radical (unpaired) electrons. The average molecular weight is 246 g/mol. The van der Waals surface area contributed by atoms with Gasteiger partial charge in [0.05, 0.1) is 12.8 Å². The first-order chi connectivity index (χ1) is 8.56. The Labute approximate surface area is 107 Å². The van der Waals surface area contributed by atoms with Crippen molar-refractivity contribution in [2.75, 3.05) is 7.11 Å². The number of nitrogens with zero attached hydrogens (tertiary/aromatic N) is 2. The van der Waals surface area contributed by atoms with Crippen molar-refractivity contribution in [2.45, 2.75) is 20.0 Å². The summed E-state index contributed by atoms with van der Waals surface area (Å²) in [6, 6.07) is 5.70. The number of aliphatic hydroxyl groups is 1. The number of hydrogen-bond donors (Lipinski definition) is 1. The van der Waals surface area contributed by atoms with Crippen LogP contribution in [-0.4, -0.2) is 22.0 Å². The van der Waals surface area contributed by atoms with Crippen LogP contribution < -0.4 is 4.74 Å². The van der Waals surface area contributed by atoms with Gasteiger partial charge in [-0.25, -0.2) is 0 Å². The molecule has 0 fully saturated rings. The molecule has 1 unspecified atom stereocenters. The first-order valence-corrected chi connectivity index (χ1v) is 5.86. The summed E-state index contributed by atoms with van der Waals surface area (Å²) < 4.78 is 7.09. The van der Waals surface area contributed by atoms with Gasteiger partial charge in [0.2, 0.25) is 0 Å². The van der Waals surface area contributed by atoms with Crippen LogP contribution in [0.25, 0.3) is 0 Å². The van der Waals surface area contributed by atoms with Crippen molar-refractivity contribution in [2.24, 2.45) is 7.05 Å². The van der Waals surface area contributed by atoms with Crippen LogP contribution in [0.4, 0.5) is 0 Å². The van der Waals surface area contributed by atoms with Gasteiger partial charge in [-0.15, -0.1) is 0 Å². The monoisotopic (exact) mass is 246 g/mol. The van der Waals surface area contributed by atoms with E-state index in [9.17, 15) is 5.11 Å². The molecule has 1 aromatic carbocycles. The van der Waals surface area contributed by atoms with E-state index in [4.69, 9.17) is 4.74 Å². The third kappa shape index (κ3) is 1.99. The Bertz CT molecular complexity index is 561. The predicted molar refractivity (Wildman–Crippen MR) is 69.7 cm³/mol. The fraction of sp³-hybridized carbons (Fsp3) is 0.357. The molecule has 0 aliphatic carbocycles. The standard InChI is InChI=1S/C14H18N2O2/c1-9-5-6-11(14(18-4)10(9)2)13(17)12-7-8-15-16(12)3/h5-8,13,17H,1-4H3. The van der Waals surface area contributed by atoms with Gasteiger partial charge in [0, 0.05) is 18.8 Å². The van der Waals surface area contributed by atoms with Crippen molar-refractivity contribution in [1.82, 2.24) is 9.78 Å². The van der Waals surface area contributed by atoms with E-state index < -0.39 is 6.10 Å². The van der Waals surface area contributed by atoms with E-state index in [0.717, 1.165) is 28.1 Å². The molecule has 0 saturated heterocycles. The Morgan fingerprint density at radius 1 is 1.28 bits per heavy atom. The molecule has 18 heavy (non-hydrogen) atoms. The lowest BCUT2D eigenvalue weighted by atomic mass is 9.99. The van der Waals surface area contributed by atoms with E-state index in [1.54, 1.807) is 24.1 Å². The summed E-state index contributed by atoms with van der Waals surface area (Å²) in [6.07, 6.45) is 0.943. The highest BCUT2D eigenvalue weighted by atomic mass is 16.5. The van der Waals surface area contributed by atoms with Crippen molar-refractivity contribution in [3.05, 3.63) is 46.8 Å². The van der Waals surface area contributed by atoms with Gasteiger partial charge in [-0.1, -0.05) is 12.1 Å². The van der Waals surface area contributed by atoms with Crippen LogP contribution in [0, 0.1) is 13.8 Å². The Balaban J connectivity index is 2.52. The molecule has 4 nitrogen and oxygen atoms in total. The van der Waals surface area contributed by atoms with Crippen LogP contribution in [0.3, 0.4) is 0 Å². The molecule has 0 aliphatic heterocycles. The van der Waals surface area contributed by atoms with E-state index in [-0.39, 0.29) is 0 Å². The molecule has 0 spiro atoms. The number of aliphatic hydroxyl groups excluding tert-OH is 1. The Morgan fingerprint density at radius 3 is 2.56 bits per heavy atom. The highest BCUT2D eigenvalue weighted by Gasteiger charge is 2.20. The molecule has 2 rings (SSSR count). The SMILES string of the molecule is COc1c(C(O)c2ccnn2C)ccc(C)c1C. The summed E-state index contributed by atoms with van der Waals surface area (Å²) in [5, 5.41) is 14.5. The second-order valence-electron chi connectivity index (χ2n) is 4.41. The molecule has 0 saturated carbocycles. The number of rotatable bonds is 3. The Hall–Kier alpha value is -1.81. The summed E-state index contributed by atoms with van der Waals surface area (Å²) >= 11 is 0. The zero-order valence-electron chi connectivity index (χ0n) is 11.1. The normalized spacial score (nSPS) is 12.5. The van der Waals surface area contributed by atoms with Gasteiger partial charge in [0.1, 0.15) is 11.9 Å². The van der Waals surface area contributed by atoms with E-state index in [2.05, 4.69) is 5.10 Å². The maximum atomic E-state index is 10.4. The fourth-order valence-corrected chi connectivity index (χ4v) is 2.11. The van der Waals surface area contributed by atoms with Gasteiger partial charge in [0.25, 0.3) is 0 Å². The lowest BCUT2D eigenvalue weighted by molar-refractivity contribution is 0.204. The van der Waals surface area contributed by atoms with Crippen molar-refractivity contribution in [1.29, 1.82) is 0 Å². The zero-order valence-corrected chi connectivity index (χ0v) is 11.1. The van der Waals surface area contributed by atoms with Crippen LogP contribution in [0.1, 0.15) is 28.5 Å². The zero-order chi connectivity index (χ0) is 13.3. The molecule has 1 N–H and O–H groups in total. The molecule has 1 atom stereocenters. The quantitative estimate of drug-likeness (QED) is 0.902. The second kappa shape index (κ2) is 4.82. The maximum Gasteiger partial charge on any atom is 0.128 e. The molecule has 2 aromatic rings. The molecular weight excluding hydrogens is 228 g/mol. The van der Waals surface area contributed by atoms with Gasteiger partial charge < -0.3 is 9.84 Å². The minimum atomic E-state index is -0.730. The van der Waals surface area contributed by atoms with Crippen LogP contribution in [0.2, 0.25) is 0 Å². The maximum absolute atomic E-state index is 10.4. The van der Waals surface area contributed by atoms with Crippen LogP contribution in [-0.2, 0) is 7.05 Å². The van der Waals surface area contributed by atoms with Crippen molar-refractivity contribution in [3.8, 4) is 5.75 Å². The van der Waals surface area contributed by atoms with Gasteiger partial charge in [-0.3, -0.25) is 4.68 Å². The largest absolute Gasteiger partial charge is 0.496 e. The third-order valence-corrected chi connectivity index (χ3v) is 3.34. The fourth-order valence-electron chi connectivity index (χ4n) is 2.11.